The van der Waals surface area contributed by atoms with Gasteiger partial charge in [0.25, 0.3) is 11.8 Å². The monoisotopic (exact) mass is 389 g/mol. The maximum Gasteiger partial charge on any atom is 0.279 e. The van der Waals surface area contributed by atoms with Crippen molar-refractivity contribution >= 4 is 22.6 Å². The lowest BCUT2D eigenvalue weighted by Gasteiger charge is -2.15. The summed E-state index contributed by atoms with van der Waals surface area (Å²) in [6.45, 7) is 1.30. The number of nitrogens with one attached hydrogen (secondary N) is 2. The Balaban J connectivity index is 1.44. The molecular weight excluding hydrogens is 370 g/mol. The summed E-state index contributed by atoms with van der Waals surface area (Å²) >= 11 is 0. The largest absolute Gasteiger partial charge is 0.484 e. The number of fused-ring (bicyclic) bond motifs is 1. The first-order valence-corrected chi connectivity index (χ1v) is 8.92. The average molecular weight is 389 g/mol. The Kier molecular flexibility index (Phi) is 6.28. The Hall–Kier alpha value is -4.05. The van der Waals surface area contributed by atoms with Gasteiger partial charge in [0.2, 0.25) is 0 Å². The van der Waals surface area contributed by atoms with E-state index in [1.807, 2.05) is 42.5 Å². The van der Waals surface area contributed by atoms with Crippen LogP contribution in [0, 0.1) is 11.3 Å². The zero-order chi connectivity index (χ0) is 20.6. The molecule has 3 aromatic carbocycles. The van der Waals surface area contributed by atoms with Crippen molar-refractivity contribution in [3.63, 3.8) is 0 Å². The van der Waals surface area contributed by atoms with Crippen LogP contribution in [0.1, 0.15) is 12.5 Å². The van der Waals surface area contributed by atoms with Gasteiger partial charge in [0, 0.05) is 0 Å². The number of hydrazine groups is 1. The summed E-state index contributed by atoms with van der Waals surface area (Å²) in [6.07, 6.45) is -0.809. The molecule has 0 aliphatic carbocycles. The number of ether oxygens (including phenoxy) is 2. The van der Waals surface area contributed by atoms with Crippen LogP contribution < -0.4 is 20.3 Å². The molecule has 0 spiro atoms. The molecule has 0 fully saturated rings. The van der Waals surface area contributed by atoms with E-state index in [4.69, 9.17) is 14.7 Å². The summed E-state index contributed by atoms with van der Waals surface area (Å²) in [5.41, 5.74) is 5.08. The quantitative estimate of drug-likeness (QED) is 0.632. The molecule has 0 aromatic heterocycles. The van der Waals surface area contributed by atoms with Gasteiger partial charge in [-0.05, 0) is 54.1 Å². The predicted molar refractivity (Wildman–Crippen MR) is 107 cm³/mol. The second kappa shape index (κ2) is 9.24. The van der Waals surface area contributed by atoms with Crippen molar-refractivity contribution in [2.24, 2.45) is 0 Å². The molecule has 0 aliphatic heterocycles. The molecule has 0 aliphatic rings. The number of nitriles is 1. The maximum atomic E-state index is 12.1. The van der Waals surface area contributed by atoms with E-state index < -0.39 is 17.9 Å². The third-order valence-electron chi connectivity index (χ3n) is 4.08. The van der Waals surface area contributed by atoms with E-state index >= 15 is 0 Å². The van der Waals surface area contributed by atoms with Gasteiger partial charge >= 0.3 is 0 Å². The van der Waals surface area contributed by atoms with Crippen LogP contribution in [0.5, 0.6) is 11.5 Å². The zero-order valence-corrected chi connectivity index (χ0v) is 15.7. The van der Waals surface area contributed by atoms with Crippen LogP contribution in [-0.2, 0) is 9.59 Å². The van der Waals surface area contributed by atoms with Crippen molar-refractivity contribution in [2.45, 2.75) is 13.0 Å². The molecule has 7 heteroatoms. The van der Waals surface area contributed by atoms with Crippen LogP contribution in [-0.4, -0.2) is 24.5 Å². The second-order valence-corrected chi connectivity index (χ2v) is 6.23. The van der Waals surface area contributed by atoms with Gasteiger partial charge in [0.05, 0.1) is 11.6 Å². The summed E-state index contributed by atoms with van der Waals surface area (Å²) < 4.78 is 10.9. The van der Waals surface area contributed by atoms with E-state index in [-0.39, 0.29) is 6.61 Å². The standard InChI is InChI=1S/C22H19N3O4/c1-15(29-20-11-8-17-4-2-3-5-18(17)12-20)22(27)25-24-21(26)14-28-19-9-6-16(13-23)7-10-19/h2-12,15H,14H2,1H3,(H,24,26)(H,25,27)/t15-/m1/s1. The van der Waals surface area contributed by atoms with Crippen LogP contribution in [0.3, 0.4) is 0 Å². The highest BCUT2D eigenvalue weighted by Crippen LogP contribution is 2.21. The lowest BCUT2D eigenvalue weighted by Crippen LogP contribution is -2.48. The van der Waals surface area contributed by atoms with E-state index in [9.17, 15) is 9.59 Å². The number of amides is 2. The van der Waals surface area contributed by atoms with Gasteiger partial charge in [-0.25, -0.2) is 0 Å². The fourth-order valence-electron chi connectivity index (χ4n) is 2.54. The van der Waals surface area contributed by atoms with Gasteiger partial charge in [0.1, 0.15) is 11.5 Å². The van der Waals surface area contributed by atoms with Crippen molar-refractivity contribution in [2.75, 3.05) is 6.61 Å². The number of hydrogen-bond acceptors (Lipinski definition) is 5. The molecule has 0 saturated carbocycles. The summed E-state index contributed by atoms with van der Waals surface area (Å²) in [7, 11) is 0. The van der Waals surface area contributed by atoms with E-state index in [0.717, 1.165) is 10.8 Å². The molecule has 29 heavy (non-hydrogen) atoms. The summed E-state index contributed by atoms with van der Waals surface area (Å²) in [5.74, 6) is -0.0224. The van der Waals surface area contributed by atoms with E-state index in [2.05, 4.69) is 10.9 Å². The van der Waals surface area contributed by atoms with Crippen molar-refractivity contribution in [1.29, 1.82) is 5.26 Å². The van der Waals surface area contributed by atoms with Gasteiger partial charge in [-0.2, -0.15) is 5.26 Å². The first kappa shape index (κ1) is 19.7. The van der Waals surface area contributed by atoms with E-state index in [1.54, 1.807) is 37.3 Å². The topological polar surface area (TPSA) is 100 Å². The van der Waals surface area contributed by atoms with Crippen LogP contribution in [0.4, 0.5) is 0 Å². The molecule has 2 amide bonds. The van der Waals surface area contributed by atoms with Crippen molar-refractivity contribution in [3.8, 4) is 17.6 Å². The molecule has 3 rings (SSSR count). The smallest absolute Gasteiger partial charge is 0.279 e. The number of benzene rings is 3. The number of hydrogen-bond donors (Lipinski definition) is 2. The van der Waals surface area contributed by atoms with Crippen LogP contribution >= 0.6 is 0 Å². The van der Waals surface area contributed by atoms with Gasteiger partial charge in [-0.1, -0.05) is 30.3 Å². The van der Waals surface area contributed by atoms with E-state index in [0.29, 0.717) is 17.1 Å². The number of nitrogens with zero attached hydrogens (tertiary/aromatic N) is 1. The minimum atomic E-state index is -0.809. The highest BCUT2D eigenvalue weighted by atomic mass is 16.5. The Morgan fingerprint density at radius 2 is 1.66 bits per heavy atom. The minimum absolute atomic E-state index is 0.286. The molecule has 0 saturated heterocycles. The highest BCUT2D eigenvalue weighted by Gasteiger charge is 2.15. The molecule has 7 nitrogen and oxygen atoms in total. The Bertz CT molecular complexity index is 1060. The predicted octanol–water partition coefficient (Wildman–Crippen LogP) is 2.71. The van der Waals surface area contributed by atoms with E-state index in [1.165, 1.54) is 0 Å². The molecule has 0 bridgehead atoms. The minimum Gasteiger partial charge on any atom is -0.484 e. The van der Waals surface area contributed by atoms with Gasteiger partial charge in [-0.15, -0.1) is 0 Å². The summed E-state index contributed by atoms with van der Waals surface area (Å²) in [6, 6.07) is 21.7. The Morgan fingerprint density at radius 3 is 2.38 bits per heavy atom. The fourth-order valence-corrected chi connectivity index (χ4v) is 2.54. The number of rotatable bonds is 6. The highest BCUT2D eigenvalue weighted by molar-refractivity contribution is 5.86. The zero-order valence-electron chi connectivity index (χ0n) is 15.7. The van der Waals surface area contributed by atoms with Gasteiger partial charge in [-0.3, -0.25) is 20.4 Å². The third kappa shape index (κ3) is 5.47. The first-order chi connectivity index (χ1) is 14.0. The van der Waals surface area contributed by atoms with Gasteiger partial charge < -0.3 is 9.47 Å². The molecule has 146 valence electrons. The summed E-state index contributed by atoms with van der Waals surface area (Å²) in [4.78, 5) is 24.0. The van der Waals surface area contributed by atoms with Crippen molar-refractivity contribution < 1.29 is 19.1 Å². The lowest BCUT2D eigenvalue weighted by atomic mass is 10.1. The fraction of sp³-hybridized carbons (Fsp3) is 0.136. The normalized spacial score (nSPS) is 11.2. The number of carbonyl (C=O) groups excluding carboxylic acids is 2. The van der Waals surface area contributed by atoms with Gasteiger partial charge in [0.15, 0.2) is 12.7 Å². The van der Waals surface area contributed by atoms with Crippen LogP contribution in [0.2, 0.25) is 0 Å². The molecule has 3 aromatic rings. The first-order valence-electron chi connectivity index (χ1n) is 8.92. The molecule has 0 radical (unpaired) electrons. The maximum absolute atomic E-state index is 12.1. The summed E-state index contributed by atoms with van der Waals surface area (Å²) in [5, 5.41) is 10.8. The van der Waals surface area contributed by atoms with Crippen LogP contribution in [0.15, 0.2) is 66.7 Å². The Morgan fingerprint density at radius 1 is 0.966 bits per heavy atom. The number of carbonyl (C=O) groups is 2. The SMILES string of the molecule is C[C@@H](Oc1ccc2ccccc2c1)C(=O)NNC(=O)COc1ccc(C#N)cc1. The second-order valence-electron chi connectivity index (χ2n) is 6.23. The molecule has 2 N–H and O–H groups in total. The van der Waals surface area contributed by atoms with Crippen molar-refractivity contribution in [1.82, 2.24) is 10.9 Å². The third-order valence-corrected chi connectivity index (χ3v) is 4.08. The average Bonchev–Trinajstić information content (AvgIpc) is 2.76. The van der Waals surface area contributed by atoms with Crippen molar-refractivity contribution in [3.05, 3.63) is 72.3 Å². The molecule has 0 unspecified atom stereocenters. The molecule has 0 heterocycles. The Labute approximate surface area is 167 Å². The van der Waals surface area contributed by atoms with Crippen LogP contribution in [0.25, 0.3) is 10.8 Å². The lowest BCUT2D eigenvalue weighted by molar-refractivity contribution is -0.133. The molecule has 1 atom stereocenters. The molecular formula is C22H19N3O4.